The Morgan fingerprint density at radius 1 is 1.33 bits per heavy atom. The number of hydrogen-bond donors (Lipinski definition) is 1. The number of aliphatic hydroxyl groups is 1. The lowest BCUT2D eigenvalue weighted by Crippen LogP contribution is -1.99. The quantitative estimate of drug-likeness (QED) is 0.942. The highest BCUT2D eigenvalue weighted by molar-refractivity contribution is 9.10. The molecule has 1 aromatic carbocycles. The Morgan fingerprint density at radius 3 is 2.83 bits per heavy atom. The van der Waals surface area contributed by atoms with Crippen LogP contribution in [0, 0.1) is 0 Å². The van der Waals surface area contributed by atoms with E-state index in [-0.39, 0.29) is 6.61 Å². The highest BCUT2D eigenvalue weighted by atomic mass is 79.9. The van der Waals surface area contributed by atoms with Gasteiger partial charge in [-0.2, -0.15) is 0 Å². The topological polar surface area (TPSA) is 55.2 Å². The van der Waals surface area contributed by atoms with Gasteiger partial charge in [-0.15, -0.1) is 0 Å². The van der Waals surface area contributed by atoms with Gasteiger partial charge in [0.05, 0.1) is 23.9 Å². The Bertz CT molecular complexity index is 546. The highest BCUT2D eigenvalue weighted by Gasteiger charge is 2.05. The van der Waals surface area contributed by atoms with Gasteiger partial charge in [0.25, 0.3) is 0 Å². The second-order valence-corrected chi connectivity index (χ2v) is 4.54. The van der Waals surface area contributed by atoms with Crippen molar-refractivity contribution in [2.75, 3.05) is 13.7 Å². The Hall–Kier alpha value is -1.46. The maximum atomic E-state index is 8.89. The summed E-state index contributed by atoms with van der Waals surface area (Å²) in [5.41, 5.74) is 1.81. The fourth-order valence-electron chi connectivity index (χ4n) is 1.61. The minimum Gasteiger partial charge on any atom is -0.496 e. The van der Waals surface area contributed by atoms with Crippen LogP contribution < -0.4 is 4.74 Å². The first-order chi connectivity index (χ1) is 8.74. The first kappa shape index (κ1) is 13.0. The van der Waals surface area contributed by atoms with Gasteiger partial charge in [0.15, 0.2) is 0 Å². The minimum absolute atomic E-state index is 0.0513. The van der Waals surface area contributed by atoms with Gasteiger partial charge in [0.1, 0.15) is 11.6 Å². The predicted molar refractivity (Wildman–Crippen MR) is 72.5 cm³/mol. The normalized spacial score (nSPS) is 10.4. The monoisotopic (exact) mass is 308 g/mol. The summed E-state index contributed by atoms with van der Waals surface area (Å²) in [4.78, 5) is 8.50. The van der Waals surface area contributed by atoms with Crippen molar-refractivity contribution in [1.82, 2.24) is 9.97 Å². The molecule has 0 saturated heterocycles. The summed E-state index contributed by atoms with van der Waals surface area (Å²) in [6.07, 6.45) is 2.16. The number of hydrogen-bond acceptors (Lipinski definition) is 4. The molecule has 0 fully saturated rings. The van der Waals surface area contributed by atoms with E-state index >= 15 is 0 Å². The van der Waals surface area contributed by atoms with Gasteiger partial charge in [-0.25, -0.2) is 9.97 Å². The van der Waals surface area contributed by atoms with Gasteiger partial charge in [-0.05, 0) is 40.2 Å². The number of nitrogens with zero attached hydrogens (tertiary/aromatic N) is 2. The van der Waals surface area contributed by atoms with Gasteiger partial charge in [0.2, 0.25) is 0 Å². The van der Waals surface area contributed by atoms with E-state index in [4.69, 9.17) is 9.84 Å². The molecule has 2 rings (SSSR count). The Morgan fingerprint density at radius 2 is 2.17 bits per heavy atom. The molecule has 18 heavy (non-hydrogen) atoms. The fraction of sp³-hybridized carbons (Fsp3) is 0.231. The van der Waals surface area contributed by atoms with Crippen LogP contribution in [0.1, 0.15) is 5.82 Å². The van der Waals surface area contributed by atoms with E-state index in [0.29, 0.717) is 12.2 Å². The average Bonchev–Trinajstić information content (AvgIpc) is 2.39. The maximum absolute atomic E-state index is 8.89. The van der Waals surface area contributed by atoms with Crippen LogP contribution in [0.2, 0.25) is 0 Å². The molecule has 1 heterocycles. The second kappa shape index (κ2) is 5.93. The number of methoxy groups -OCH3 is 1. The van der Waals surface area contributed by atoms with Crippen molar-refractivity contribution < 1.29 is 9.84 Å². The molecule has 0 bridgehead atoms. The van der Waals surface area contributed by atoms with Crippen molar-refractivity contribution in [3.8, 4) is 17.0 Å². The molecule has 5 heteroatoms. The molecule has 0 radical (unpaired) electrons. The number of halogens is 1. The van der Waals surface area contributed by atoms with Crippen molar-refractivity contribution in [3.05, 3.63) is 40.8 Å². The predicted octanol–water partition coefficient (Wildman–Crippen LogP) is 2.45. The number of ether oxygens (including phenoxy) is 1. The van der Waals surface area contributed by atoms with E-state index < -0.39 is 0 Å². The molecule has 0 aliphatic rings. The van der Waals surface area contributed by atoms with E-state index in [1.165, 1.54) is 0 Å². The summed E-state index contributed by atoms with van der Waals surface area (Å²) in [6.45, 7) is 0.0513. The standard InChI is InChI=1S/C13H13BrN2O2/c1-18-12-3-2-9(8-10(12)14)11-4-6-15-13(16-11)5-7-17/h2-4,6,8,17H,5,7H2,1H3. The highest BCUT2D eigenvalue weighted by Crippen LogP contribution is 2.29. The van der Waals surface area contributed by atoms with Crippen LogP contribution in [0.25, 0.3) is 11.3 Å². The van der Waals surface area contributed by atoms with Crippen LogP contribution in [-0.2, 0) is 6.42 Å². The average molecular weight is 309 g/mol. The molecule has 0 saturated carbocycles. The van der Waals surface area contributed by atoms with E-state index in [2.05, 4.69) is 25.9 Å². The zero-order valence-corrected chi connectivity index (χ0v) is 11.5. The SMILES string of the molecule is COc1ccc(-c2ccnc(CCO)n2)cc1Br. The zero-order valence-electron chi connectivity index (χ0n) is 9.93. The largest absolute Gasteiger partial charge is 0.496 e. The lowest BCUT2D eigenvalue weighted by Gasteiger charge is -2.06. The lowest BCUT2D eigenvalue weighted by atomic mass is 10.1. The smallest absolute Gasteiger partial charge is 0.133 e. The van der Waals surface area contributed by atoms with Crippen LogP contribution in [0.15, 0.2) is 34.9 Å². The lowest BCUT2D eigenvalue weighted by molar-refractivity contribution is 0.296. The Labute approximate surface area is 114 Å². The number of rotatable bonds is 4. The van der Waals surface area contributed by atoms with Crippen LogP contribution in [0.3, 0.4) is 0 Å². The second-order valence-electron chi connectivity index (χ2n) is 3.68. The molecule has 2 aromatic rings. The summed E-state index contributed by atoms with van der Waals surface area (Å²) < 4.78 is 6.06. The maximum Gasteiger partial charge on any atom is 0.133 e. The summed E-state index contributed by atoms with van der Waals surface area (Å²) in [6, 6.07) is 7.61. The van der Waals surface area contributed by atoms with Gasteiger partial charge in [-0.1, -0.05) is 0 Å². The first-order valence-corrected chi connectivity index (χ1v) is 6.30. The number of benzene rings is 1. The van der Waals surface area contributed by atoms with Crippen molar-refractivity contribution in [2.24, 2.45) is 0 Å². The molecule has 0 amide bonds. The van der Waals surface area contributed by atoms with Gasteiger partial charge >= 0.3 is 0 Å². The van der Waals surface area contributed by atoms with Crippen LogP contribution in [0.5, 0.6) is 5.75 Å². The molecule has 94 valence electrons. The molecule has 0 aliphatic heterocycles. The Balaban J connectivity index is 2.36. The summed E-state index contributed by atoms with van der Waals surface area (Å²) in [5.74, 6) is 1.42. The fourth-order valence-corrected chi connectivity index (χ4v) is 2.15. The molecule has 1 N–H and O–H groups in total. The summed E-state index contributed by atoms with van der Waals surface area (Å²) >= 11 is 3.45. The van der Waals surface area contributed by atoms with Crippen molar-refractivity contribution >= 4 is 15.9 Å². The van der Waals surface area contributed by atoms with Crippen molar-refractivity contribution in [3.63, 3.8) is 0 Å². The third kappa shape index (κ3) is 2.86. The number of aromatic nitrogens is 2. The van der Waals surface area contributed by atoms with Gasteiger partial charge in [0, 0.05) is 18.2 Å². The molecule has 0 unspecified atom stereocenters. The zero-order chi connectivity index (χ0) is 13.0. The van der Waals surface area contributed by atoms with Crippen molar-refractivity contribution in [2.45, 2.75) is 6.42 Å². The molecule has 0 spiro atoms. The van der Waals surface area contributed by atoms with E-state index in [1.807, 2.05) is 24.3 Å². The van der Waals surface area contributed by atoms with E-state index in [1.54, 1.807) is 13.3 Å². The van der Waals surface area contributed by atoms with Crippen LogP contribution in [0.4, 0.5) is 0 Å². The molecule has 1 aromatic heterocycles. The molecule has 0 atom stereocenters. The third-order valence-corrected chi connectivity index (χ3v) is 3.11. The molecular weight excluding hydrogens is 296 g/mol. The van der Waals surface area contributed by atoms with Crippen LogP contribution in [-0.4, -0.2) is 28.8 Å². The Kier molecular flexibility index (Phi) is 4.28. The van der Waals surface area contributed by atoms with E-state index in [9.17, 15) is 0 Å². The first-order valence-electron chi connectivity index (χ1n) is 5.51. The van der Waals surface area contributed by atoms with Gasteiger partial charge in [-0.3, -0.25) is 0 Å². The third-order valence-electron chi connectivity index (χ3n) is 2.49. The summed E-state index contributed by atoms with van der Waals surface area (Å²) in [7, 11) is 1.63. The van der Waals surface area contributed by atoms with Crippen LogP contribution >= 0.6 is 15.9 Å². The minimum atomic E-state index is 0.0513. The molecular formula is C13H13BrN2O2. The molecule has 0 aliphatic carbocycles. The number of aliphatic hydroxyl groups excluding tert-OH is 1. The molecule has 4 nitrogen and oxygen atoms in total. The van der Waals surface area contributed by atoms with E-state index in [0.717, 1.165) is 21.5 Å². The summed E-state index contributed by atoms with van der Waals surface area (Å²) in [5, 5.41) is 8.89. The van der Waals surface area contributed by atoms with Gasteiger partial charge < -0.3 is 9.84 Å². The van der Waals surface area contributed by atoms with Crippen molar-refractivity contribution in [1.29, 1.82) is 0 Å².